The van der Waals surface area contributed by atoms with Gasteiger partial charge in [-0.1, -0.05) is 0 Å². The summed E-state index contributed by atoms with van der Waals surface area (Å²) in [7, 11) is 0.764. The highest BCUT2D eigenvalue weighted by Crippen LogP contribution is 2.28. The number of esters is 2. The quantitative estimate of drug-likeness (QED) is 0.517. The van der Waals surface area contributed by atoms with E-state index in [0.717, 1.165) is 7.11 Å². The van der Waals surface area contributed by atoms with Crippen molar-refractivity contribution in [1.82, 2.24) is 0 Å². The Bertz CT molecular complexity index is 223. The number of methoxy groups -OCH3 is 1. The van der Waals surface area contributed by atoms with Crippen molar-refractivity contribution in [3.8, 4) is 0 Å². The van der Waals surface area contributed by atoms with E-state index in [0.29, 0.717) is 0 Å². The van der Waals surface area contributed by atoms with Crippen LogP contribution in [0.1, 0.15) is 6.92 Å². The van der Waals surface area contributed by atoms with Crippen LogP contribution >= 0.6 is 0 Å². The second kappa shape index (κ2) is 4.83. The highest BCUT2D eigenvalue weighted by atomic mass is 19.4. The Balaban J connectivity index is 4.73. The molecule has 0 aliphatic carbocycles. The minimum Gasteiger partial charge on any atom is -0.468 e. The molecule has 0 saturated heterocycles. The summed E-state index contributed by atoms with van der Waals surface area (Å²) in [6, 6.07) is 0. The first kappa shape index (κ1) is 12.7. The fourth-order valence-electron chi connectivity index (χ4n) is 0.707. The number of rotatable bonds is 3. The van der Waals surface area contributed by atoms with E-state index in [4.69, 9.17) is 0 Å². The van der Waals surface area contributed by atoms with Crippen molar-refractivity contribution in [2.75, 3.05) is 13.7 Å². The predicted octanol–water partition coefficient (Wildman–Crippen LogP) is 0.901. The Morgan fingerprint density at radius 2 is 1.79 bits per heavy atom. The highest BCUT2D eigenvalue weighted by molar-refractivity contribution is 5.95. The zero-order chi connectivity index (χ0) is 11.4. The maximum atomic E-state index is 12.1. The van der Waals surface area contributed by atoms with E-state index >= 15 is 0 Å². The molecule has 0 aliphatic heterocycles. The number of hydrogen-bond donors (Lipinski definition) is 0. The fourth-order valence-corrected chi connectivity index (χ4v) is 0.707. The van der Waals surface area contributed by atoms with Crippen LogP contribution in [0, 0.1) is 5.92 Å². The van der Waals surface area contributed by atoms with Crippen molar-refractivity contribution in [3.63, 3.8) is 0 Å². The monoisotopic (exact) mass is 214 g/mol. The third-order valence-electron chi connectivity index (χ3n) is 1.29. The standard InChI is InChI=1S/C7H9F3O4/c1-3-14-6(12)4(5(11)13-2)7(8,9)10/h4H,3H2,1-2H3/t4-/m0/s1. The lowest BCUT2D eigenvalue weighted by Crippen LogP contribution is -2.39. The van der Waals surface area contributed by atoms with Crippen LogP contribution in [0.4, 0.5) is 13.2 Å². The van der Waals surface area contributed by atoms with Gasteiger partial charge in [-0.05, 0) is 6.92 Å². The highest BCUT2D eigenvalue weighted by Gasteiger charge is 2.52. The van der Waals surface area contributed by atoms with Crippen LogP contribution in [0.25, 0.3) is 0 Å². The SMILES string of the molecule is CCOC(=O)[C@H](C(=O)OC)C(F)(F)F. The van der Waals surface area contributed by atoms with Crippen molar-refractivity contribution < 1.29 is 32.2 Å². The number of alkyl halides is 3. The van der Waals surface area contributed by atoms with Crippen LogP contribution in [-0.2, 0) is 19.1 Å². The van der Waals surface area contributed by atoms with Crippen LogP contribution in [0.5, 0.6) is 0 Å². The summed E-state index contributed by atoms with van der Waals surface area (Å²) in [6.07, 6.45) is -4.99. The molecule has 0 radical (unpaired) electrons. The molecule has 0 aliphatic rings. The smallest absolute Gasteiger partial charge is 0.412 e. The third-order valence-corrected chi connectivity index (χ3v) is 1.29. The van der Waals surface area contributed by atoms with Gasteiger partial charge in [0.2, 0.25) is 5.92 Å². The van der Waals surface area contributed by atoms with Crippen molar-refractivity contribution in [2.24, 2.45) is 5.92 Å². The van der Waals surface area contributed by atoms with E-state index in [-0.39, 0.29) is 6.61 Å². The summed E-state index contributed by atoms with van der Waals surface area (Å²) in [4.78, 5) is 21.4. The van der Waals surface area contributed by atoms with Gasteiger partial charge in [0.25, 0.3) is 0 Å². The maximum Gasteiger partial charge on any atom is 0.412 e. The van der Waals surface area contributed by atoms with Crippen LogP contribution in [-0.4, -0.2) is 31.8 Å². The first-order valence-electron chi connectivity index (χ1n) is 3.65. The van der Waals surface area contributed by atoms with Gasteiger partial charge in [0.05, 0.1) is 13.7 Å². The van der Waals surface area contributed by atoms with Gasteiger partial charge in [-0.3, -0.25) is 9.59 Å². The van der Waals surface area contributed by atoms with Gasteiger partial charge in [0.1, 0.15) is 0 Å². The molecular weight excluding hydrogens is 205 g/mol. The van der Waals surface area contributed by atoms with E-state index in [1.54, 1.807) is 0 Å². The number of carbonyl (C=O) groups is 2. The molecule has 0 bridgehead atoms. The fraction of sp³-hybridized carbons (Fsp3) is 0.714. The maximum absolute atomic E-state index is 12.1. The van der Waals surface area contributed by atoms with Crippen LogP contribution < -0.4 is 0 Å². The van der Waals surface area contributed by atoms with Gasteiger partial charge in [-0.15, -0.1) is 0 Å². The Hall–Kier alpha value is -1.27. The second-order valence-corrected chi connectivity index (χ2v) is 2.25. The molecule has 0 aromatic heterocycles. The molecule has 0 N–H and O–H groups in total. The predicted molar refractivity (Wildman–Crippen MR) is 38.2 cm³/mol. The van der Waals surface area contributed by atoms with Crippen molar-refractivity contribution in [1.29, 1.82) is 0 Å². The molecule has 0 rings (SSSR count). The zero-order valence-electron chi connectivity index (χ0n) is 7.55. The Morgan fingerprint density at radius 3 is 2.07 bits per heavy atom. The second-order valence-electron chi connectivity index (χ2n) is 2.25. The average molecular weight is 214 g/mol. The third kappa shape index (κ3) is 3.23. The molecule has 0 amide bonds. The van der Waals surface area contributed by atoms with Gasteiger partial charge in [-0.25, -0.2) is 0 Å². The van der Waals surface area contributed by atoms with E-state index < -0.39 is 24.0 Å². The lowest BCUT2D eigenvalue weighted by Gasteiger charge is -2.15. The first-order chi connectivity index (χ1) is 6.34. The molecule has 0 saturated carbocycles. The van der Waals surface area contributed by atoms with Crippen LogP contribution in [0.15, 0.2) is 0 Å². The van der Waals surface area contributed by atoms with E-state index in [9.17, 15) is 22.8 Å². The summed E-state index contributed by atoms with van der Waals surface area (Å²) in [5.41, 5.74) is 0. The molecule has 4 nitrogen and oxygen atoms in total. The van der Waals surface area contributed by atoms with Crippen molar-refractivity contribution >= 4 is 11.9 Å². The Kier molecular flexibility index (Phi) is 4.39. The minimum atomic E-state index is -4.99. The number of halogens is 3. The summed E-state index contributed by atoms with van der Waals surface area (Å²) >= 11 is 0. The molecule has 0 unspecified atom stereocenters. The van der Waals surface area contributed by atoms with Gasteiger partial charge in [0, 0.05) is 0 Å². The summed E-state index contributed by atoms with van der Waals surface area (Å²) < 4.78 is 44.3. The lowest BCUT2D eigenvalue weighted by atomic mass is 10.1. The molecule has 0 aromatic carbocycles. The van der Waals surface area contributed by atoms with Gasteiger partial charge < -0.3 is 9.47 Å². The molecular formula is C7H9F3O4. The van der Waals surface area contributed by atoms with Gasteiger partial charge in [0.15, 0.2) is 0 Å². The molecule has 82 valence electrons. The zero-order valence-corrected chi connectivity index (χ0v) is 7.55. The molecule has 0 heterocycles. The summed E-state index contributed by atoms with van der Waals surface area (Å²) in [6.45, 7) is 1.10. The van der Waals surface area contributed by atoms with Gasteiger partial charge in [-0.2, -0.15) is 13.2 Å². The number of hydrogen-bond acceptors (Lipinski definition) is 4. The average Bonchev–Trinajstić information content (AvgIpc) is 2.02. The molecule has 14 heavy (non-hydrogen) atoms. The lowest BCUT2D eigenvalue weighted by molar-refractivity contribution is -0.207. The minimum absolute atomic E-state index is 0.234. The van der Waals surface area contributed by atoms with Crippen LogP contribution in [0.3, 0.4) is 0 Å². The summed E-state index contributed by atoms with van der Waals surface area (Å²) in [5.74, 6) is -6.17. The topological polar surface area (TPSA) is 52.6 Å². The molecule has 1 atom stereocenters. The van der Waals surface area contributed by atoms with Crippen molar-refractivity contribution in [2.45, 2.75) is 13.1 Å². The molecule has 0 spiro atoms. The van der Waals surface area contributed by atoms with Crippen LogP contribution in [0.2, 0.25) is 0 Å². The van der Waals surface area contributed by atoms with E-state index in [1.165, 1.54) is 6.92 Å². The molecule has 0 aromatic rings. The van der Waals surface area contributed by atoms with Crippen molar-refractivity contribution in [3.05, 3.63) is 0 Å². The van der Waals surface area contributed by atoms with Gasteiger partial charge >= 0.3 is 18.1 Å². The largest absolute Gasteiger partial charge is 0.468 e. The Labute approximate surface area is 78.0 Å². The molecule has 7 heteroatoms. The summed E-state index contributed by atoms with van der Waals surface area (Å²) in [5, 5.41) is 0. The molecule has 0 fully saturated rings. The number of ether oxygens (including phenoxy) is 2. The normalized spacial score (nSPS) is 13.2. The first-order valence-corrected chi connectivity index (χ1v) is 3.65. The number of carbonyl (C=O) groups excluding carboxylic acids is 2. The Morgan fingerprint density at radius 1 is 1.29 bits per heavy atom. The van der Waals surface area contributed by atoms with E-state index in [2.05, 4.69) is 9.47 Å². The van der Waals surface area contributed by atoms with E-state index in [1.807, 2.05) is 0 Å².